The van der Waals surface area contributed by atoms with E-state index in [0.29, 0.717) is 30.8 Å². The molecule has 35 heavy (non-hydrogen) atoms. The van der Waals surface area contributed by atoms with Crippen LogP contribution in [-0.4, -0.2) is 42.4 Å². The number of nitrogens with one attached hydrogen (secondary N) is 1. The lowest BCUT2D eigenvalue weighted by Crippen LogP contribution is -2.42. The molecule has 0 aliphatic carbocycles. The first kappa shape index (κ1) is 24.0. The van der Waals surface area contributed by atoms with Gasteiger partial charge < -0.3 is 19.7 Å². The summed E-state index contributed by atoms with van der Waals surface area (Å²) in [6.45, 7) is 0.966. The van der Waals surface area contributed by atoms with Gasteiger partial charge >= 0.3 is 11.9 Å². The van der Waals surface area contributed by atoms with Crippen LogP contribution in [0.3, 0.4) is 0 Å². The zero-order chi connectivity index (χ0) is 24.6. The van der Waals surface area contributed by atoms with Crippen molar-refractivity contribution in [2.45, 2.75) is 32.0 Å². The van der Waals surface area contributed by atoms with Crippen LogP contribution in [0.5, 0.6) is 0 Å². The summed E-state index contributed by atoms with van der Waals surface area (Å²) in [5, 5.41) is 3.18. The van der Waals surface area contributed by atoms with Gasteiger partial charge in [-0.3, -0.25) is 9.59 Å². The number of hydrogen-bond donors (Lipinski definition) is 1. The predicted molar refractivity (Wildman–Crippen MR) is 132 cm³/mol. The van der Waals surface area contributed by atoms with Gasteiger partial charge in [-0.2, -0.15) is 0 Å². The van der Waals surface area contributed by atoms with Gasteiger partial charge in [0, 0.05) is 18.8 Å². The van der Waals surface area contributed by atoms with E-state index in [4.69, 9.17) is 9.47 Å². The maximum atomic E-state index is 13.3. The van der Waals surface area contributed by atoms with E-state index < -0.39 is 18.0 Å². The number of nitrogens with zero attached hydrogens (tertiary/aromatic N) is 1. The fourth-order valence-corrected chi connectivity index (χ4v) is 4.04. The third kappa shape index (κ3) is 6.26. The second-order valence-corrected chi connectivity index (χ2v) is 8.41. The Kier molecular flexibility index (Phi) is 7.77. The molecule has 0 unspecified atom stereocenters. The minimum Gasteiger partial charge on any atom is -0.469 e. The van der Waals surface area contributed by atoms with Crippen molar-refractivity contribution in [3.8, 4) is 0 Å². The number of amides is 1. The number of esters is 2. The highest BCUT2D eigenvalue weighted by atomic mass is 16.5. The van der Waals surface area contributed by atoms with Gasteiger partial charge in [-0.15, -0.1) is 0 Å². The molecule has 1 aliphatic heterocycles. The number of carbonyl (C=O) groups excluding carboxylic acids is 3. The number of rotatable bonds is 8. The van der Waals surface area contributed by atoms with Gasteiger partial charge in [-0.1, -0.05) is 60.7 Å². The van der Waals surface area contributed by atoms with Gasteiger partial charge in [-0.05, 0) is 41.3 Å². The highest BCUT2D eigenvalue weighted by Gasteiger charge is 2.31. The molecule has 7 heteroatoms. The van der Waals surface area contributed by atoms with Crippen molar-refractivity contribution in [3.05, 3.63) is 101 Å². The average molecular weight is 473 g/mol. The number of anilines is 1. The summed E-state index contributed by atoms with van der Waals surface area (Å²) in [6, 6.07) is 23.8. The van der Waals surface area contributed by atoms with Crippen molar-refractivity contribution >= 4 is 23.5 Å². The highest BCUT2D eigenvalue weighted by Crippen LogP contribution is 2.26. The Morgan fingerprint density at radius 3 is 2.34 bits per heavy atom. The van der Waals surface area contributed by atoms with E-state index in [1.165, 1.54) is 7.11 Å². The van der Waals surface area contributed by atoms with E-state index in [0.717, 1.165) is 16.7 Å². The SMILES string of the molecule is COC(=O)C[C@@H]1Nc2ccc(C(=O)OCc3ccccc3)cc2CN(CCc2ccccc2)C1=O. The molecule has 0 spiro atoms. The number of fused-ring (bicyclic) bond motifs is 1. The van der Waals surface area contributed by atoms with Crippen LogP contribution >= 0.6 is 0 Å². The Hall–Kier alpha value is -4.13. The van der Waals surface area contributed by atoms with Gasteiger partial charge in [0.15, 0.2) is 0 Å². The molecule has 1 aliphatic rings. The molecular weight excluding hydrogens is 444 g/mol. The summed E-state index contributed by atoms with van der Waals surface area (Å²) in [5.41, 5.74) is 3.91. The third-order valence-corrected chi connectivity index (χ3v) is 5.97. The van der Waals surface area contributed by atoms with Gasteiger partial charge in [0.05, 0.1) is 19.1 Å². The molecule has 1 atom stereocenters. The minimum absolute atomic E-state index is 0.0858. The van der Waals surface area contributed by atoms with Crippen molar-refractivity contribution < 1.29 is 23.9 Å². The van der Waals surface area contributed by atoms with Gasteiger partial charge in [0.1, 0.15) is 12.6 Å². The molecule has 7 nitrogen and oxygen atoms in total. The monoisotopic (exact) mass is 472 g/mol. The molecule has 0 fully saturated rings. The molecule has 1 amide bonds. The van der Waals surface area contributed by atoms with Crippen LogP contribution in [0.4, 0.5) is 5.69 Å². The molecule has 0 aromatic heterocycles. The molecule has 0 bridgehead atoms. The zero-order valence-corrected chi connectivity index (χ0v) is 19.6. The first-order valence-electron chi connectivity index (χ1n) is 11.5. The Morgan fingerprint density at radius 2 is 1.66 bits per heavy atom. The van der Waals surface area contributed by atoms with E-state index in [2.05, 4.69) is 5.32 Å². The number of carbonyl (C=O) groups is 3. The smallest absolute Gasteiger partial charge is 0.338 e. The zero-order valence-electron chi connectivity index (χ0n) is 19.6. The van der Waals surface area contributed by atoms with Crippen LogP contribution in [-0.2, 0) is 38.6 Å². The second-order valence-electron chi connectivity index (χ2n) is 8.41. The van der Waals surface area contributed by atoms with E-state index in [1.807, 2.05) is 60.7 Å². The number of hydrogen-bond acceptors (Lipinski definition) is 6. The number of ether oxygens (including phenoxy) is 2. The summed E-state index contributed by atoms with van der Waals surface area (Å²) in [4.78, 5) is 39.7. The van der Waals surface area contributed by atoms with Crippen LogP contribution in [0, 0.1) is 0 Å². The topological polar surface area (TPSA) is 84.9 Å². The van der Waals surface area contributed by atoms with Crippen LogP contribution in [0.2, 0.25) is 0 Å². The first-order valence-corrected chi connectivity index (χ1v) is 11.5. The molecule has 3 aromatic rings. The van der Waals surface area contributed by atoms with Crippen LogP contribution in [0.1, 0.15) is 33.5 Å². The number of benzene rings is 3. The third-order valence-electron chi connectivity index (χ3n) is 5.97. The van der Waals surface area contributed by atoms with Gasteiger partial charge in [-0.25, -0.2) is 4.79 Å². The van der Waals surface area contributed by atoms with Crippen LogP contribution in [0.25, 0.3) is 0 Å². The molecule has 1 heterocycles. The second kappa shape index (κ2) is 11.3. The van der Waals surface area contributed by atoms with Crippen molar-refractivity contribution in [2.24, 2.45) is 0 Å². The normalized spacial score (nSPS) is 14.9. The fraction of sp³-hybridized carbons (Fsp3) is 0.250. The van der Waals surface area contributed by atoms with Crippen molar-refractivity contribution in [1.82, 2.24) is 4.90 Å². The van der Waals surface area contributed by atoms with E-state index in [9.17, 15) is 14.4 Å². The number of methoxy groups -OCH3 is 1. The molecule has 0 saturated carbocycles. The summed E-state index contributed by atoms with van der Waals surface area (Å²) >= 11 is 0. The quantitative estimate of drug-likeness (QED) is 0.500. The Labute approximate surface area is 204 Å². The van der Waals surface area contributed by atoms with Crippen LogP contribution in [0.15, 0.2) is 78.9 Å². The van der Waals surface area contributed by atoms with E-state index >= 15 is 0 Å². The van der Waals surface area contributed by atoms with E-state index in [-0.39, 0.29) is 18.9 Å². The maximum Gasteiger partial charge on any atom is 0.338 e. The summed E-state index contributed by atoms with van der Waals surface area (Å²) in [7, 11) is 1.30. The Morgan fingerprint density at radius 1 is 0.971 bits per heavy atom. The molecule has 1 N–H and O–H groups in total. The molecular formula is C28H28N2O5. The lowest BCUT2D eigenvalue weighted by molar-refractivity contribution is -0.144. The lowest BCUT2D eigenvalue weighted by atomic mass is 10.1. The van der Waals surface area contributed by atoms with Crippen molar-refractivity contribution in [3.63, 3.8) is 0 Å². The molecule has 4 rings (SSSR count). The fourth-order valence-electron chi connectivity index (χ4n) is 4.04. The van der Waals surface area contributed by atoms with Crippen LogP contribution < -0.4 is 5.32 Å². The van der Waals surface area contributed by atoms with Crippen molar-refractivity contribution in [1.29, 1.82) is 0 Å². The predicted octanol–water partition coefficient (Wildman–Crippen LogP) is 3.97. The summed E-state index contributed by atoms with van der Waals surface area (Å²) in [5.74, 6) is -1.09. The van der Waals surface area contributed by atoms with Gasteiger partial charge in [0.25, 0.3) is 0 Å². The standard InChI is InChI=1S/C28H28N2O5/c1-34-26(31)17-25-27(32)30(15-14-20-8-4-2-5-9-20)18-23-16-22(12-13-24(23)29-25)28(33)35-19-21-10-6-3-7-11-21/h2-13,16,25,29H,14-15,17-19H2,1H3/t25-/m0/s1. The molecule has 0 saturated heterocycles. The average Bonchev–Trinajstić information content (AvgIpc) is 3.02. The van der Waals surface area contributed by atoms with E-state index in [1.54, 1.807) is 23.1 Å². The molecule has 180 valence electrons. The summed E-state index contributed by atoms with van der Waals surface area (Å²) < 4.78 is 10.3. The Balaban J connectivity index is 1.54. The molecule has 0 radical (unpaired) electrons. The van der Waals surface area contributed by atoms with Crippen molar-refractivity contribution in [2.75, 3.05) is 19.0 Å². The molecule has 3 aromatic carbocycles. The first-order chi connectivity index (χ1) is 17.0. The lowest BCUT2D eigenvalue weighted by Gasteiger charge is -2.24. The Bertz CT molecular complexity index is 1180. The van der Waals surface area contributed by atoms with Gasteiger partial charge in [0.2, 0.25) is 5.91 Å². The summed E-state index contributed by atoms with van der Waals surface area (Å²) in [6.07, 6.45) is 0.586. The maximum absolute atomic E-state index is 13.3. The minimum atomic E-state index is -0.754. The highest BCUT2D eigenvalue weighted by molar-refractivity contribution is 5.93. The largest absolute Gasteiger partial charge is 0.469 e.